The number of pyridine rings is 3. The zero-order chi connectivity index (χ0) is 79.9. The van der Waals surface area contributed by atoms with Gasteiger partial charge in [0.2, 0.25) is 0 Å². The first-order chi connectivity index (χ1) is 51.8. The third kappa shape index (κ3) is 25.8. The van der Waals surface area contributed by atoms with E-state index in [4.69, 9.17) is 23.2 Å². The number of likely N-dealkylation sites (tertiary alicyclic amines) is 1. The van der Waals surface area contributed by atoms with Crippen molar-refractivity contribution >= 4 is 112 Å². The maximum absolute atomic E-state index is 14.1. The smallest absolute Gasteiger partial charge is 0.355 e. The number of ketones is 3. The number of carbonyl (C=O) groups is 6. The van der Waals surface area contributed by atoms with Crippen LogP contribution in [0.15, 0.2) is 119 Å². The van der Waals surface area contributed by atoms with Crippen LogP contribution in [0.4, 0.5) is 52.1 Å². The molecule has 1 saturated carbocycles. The maximum Gasteiger partial charge on any atom is 0.416 e. The van der Waals surface area contributed by atoms with Gasteiger partial charge in [-0.25, -0.2) is 36.2 Å². The van der Waals surface area contributed by atoms with Gasteiger partial charge in [-0.2, -0.15) is 18.4 Å². The Morgan fingerprint density at radius 1 is 0.527 bits per heavy atom. The number of nitriles is 1. The Labute approximate surface area is 652 Å². The van der Waals surface area contributed by atoms with Crippen LogP contribution >= 0.6 is 23.2 Å². The number of Topliss-reactive ketones (excluding diaryl/α,β-unsaturated/α-hetero) is 3. The van der Waals surface area contributed by atoms with Crippen molar-refractivity contribution in [1.29, 1.82) is 5.26 Å². The summed E-state index contributed by atoms with van der Waals surface area (Å²) in [5.41, 5.74) is -0.329. The van der Waals surface area contributed by atoms with Crippen LogP contribution in [-0.4, -0.2) is 149 Å². The number of nitrogens with zero attached hydrogens (tertiary/aromatic N) is 8. The molecule has 21 nitrogen and oxygen atoms in total. The van der Waals surface area contributed by atoms with E-state index in [1.54, 1.807) is 49.4 Å². The fourth-order valence-electron chi connectivity index (χ4n) is 14.9. The predicted octanol–water partition coefficient (Wildman–Crippen LogP) is 16.0. The van der Waals surface area contributed by atoms with Crippen LogP contribution in [0.25, 0.3) is 0 Å². The monoisotopic (exact) mass is 1600 g/mol. The van der Waals surface area contributed by atoms with Gasteiger partial charge in [0, 0.05) is 142 Å². The summed E-state index contributed by atoms with van der Waals surface area (Å²) in [4.78, 5) is 98.0. The molecule has 1 atom stereocenters. The van der Waals surface area contributed by atoms with Crippen molar-refractivity contribution in [1.82, 2.24) is 19.9 Å². The van der Waals surface area contributed by atoms with Crippen molar-refractivity contribution in [3.8, 4) is 6.07 Å². The molecule has 11 rings (SSSR count). The number of aromatic nitrogens is 3. The quantitative estimate of drug-likeness (QED) is 0.0532. The van der Waals surface area contributed by atoms with Crippen molar-refractivity contribution in [2.24, 2.45) is 35.0 Å². The number of benzene rings is 3. The second-order valence-electron chi connectivity index (χ2n) is 31.6. The summed E-state index contributed by atoms with van der Waals surface area (Å²) in [6.45, 7) is 13.8. The van der Waals surface area contributed by atoms with Crippen LogP contribution in [0, 0.1) is 46.3 Å². The molecule has 592 valence electrons. The number of halogens is 6. The third-order valence-corrected chi connectivity index (χ3v) is 23.5. The van der Waals surface area contributed by atoms with Gasteiger partial charge in [-0.1, -0.05) is 62.2 Å². The number of hydrogen-bond acceptors (Lipinski definition) is 18. The van der Waals surface area contributed by atoms with Gasteiger partial charge in [0.25, 0.3) is 17.7 Å². The van der Waals surface area contributed by atoms with Gasteiger partial charge in [0.05, 0.1) is 38.0 Å². The number of hydrogen-bond donors (Lipinski definition) is 3. The molecule has 4 saturated heterocycles. The zero-order valence-corrected chi connectivity index (χ0v) is 66.6. The molecule has 0 radical (unpaired) electrons. The maximum atomic E-state index is 14.1. The molecule has 29 heteroatoms. The summed E-state index contributed by atoms with van der Waals surface area (Å²) < 4.78 is 102. The molecule has 1 aliphatic carbocycles. The lowest BCUT2D eigenvalue weighted by Gasteiger charge is -2.34. The normalized spacial score (nSPS) is 19.2. The molecule has 0 spiro atoms. The van der Waals surface area contributed by atoms with Crippen molar-refractivity contribution < 1.29 is 63.2 Å². The Hall–Kier alpha value is -8.42. The Bertz CT molecular complexity index is 4560. The van der Waals surface area contributed by atoms with Gasteiger partial charge in [-0.05, 0) is 205 Å². The van der Waals surface area contributed by atoms with E-state index in [1.807, 2.05) is 20.8 Å². The number of amides is 3. The number of sulfone groups is 2. The highest BCUT2D eigenvalue weighted by atomic mass is 35.5. The number of carbonyl (C=O) groups excluding carboxylic acids is 6. The van der Waals surface area contributed by atoms with E-state index in [0.29, 0.717) is 158 Å². The highest BCUT2D eigenvalue weighted by Crippen LogP contribution is 2.40. The highest BCUT2D eigenvalue weighted by Gasteiger charge is 2.35. The molecule has 0 bridgehead atoms. The Morgan fingerprint density at radius 3 is 1.28 bits per heavy atom. The predicted molar refractivity (Wildman–Crippen MR) is 421 cm³/mol. The van der Waals surface area contributed by atoms with E-state index >= 15 is 0 Å². The Morgan fingerprint density at radius 2 is 0.900 bits per heavy atom. The average Bonchev–Trinajstić information content (AvgIpc) is 0.836. The van der Waals surface area contributed by atoms with Crippen LogP contribution < -0.4 is 30.7 Å². The minimum absolute atomic E-state index is 0.0129. The summed E-state index contributed by atoms with van der Waals surface area (Å²) in [6, 6.07) is 23.6. The first kappa shape index (κ1) is 85.6. The van der Waals surface area contributed by atoms with Gasteiger partial charge >= 0.3 is 6.18 Å². The Balaban J connectivity index is 0.000000190. The number of nitrogens with one attached hydrogen (secondary N) is 3. The molecule has 0 unspecified atom stereocenters. The minimum Gasteiger partial charge on any atom is -0.355 e. The lowest BCUT2D eigenvalue weighted by Crippen LogP contribution is -2.36. The van der Waals surface area contributed by atoms with Crippen LogP contribution in [0.3, 0.4) is 0 Å². The van der Waals surface area contributed by atoms with Crippen molar-refractivity contribution in [3.63, 3.8) is 0 Å². The van der Waals surface area contributed by atoms with E-state index in [1.165, 1.54) is 55.0 Å². The molecule has 3 amide bonds. The SMILES string of the molecule is CC(C)(C)CC(=O)CC1CCN(c2ncc(S(C)(=O)=O)cc2NC(=O)c2cccc(Cl)c2)CC1.CC1(F)CCC(CC(=O)CC2CCN(c3ncc(S(C)(=O)=O)cc3NC(=O)c3cccc(Cl)c3)CC2)CC1.CN1CCC[C@@H](CC(=O)CC2CCN(c3ncc(C#N)cc3NC(=O)c3cccc(C(F)(F)F)c3)CC2)C1. The topological polar surface area (TPSA) is 282 Å². The van der Waals surface area contributed by atoms with E-state index in [0.717, 1.165) is 102 Å². The molecule has 5 fully saturated rings. The summed E-state index contributed by atoms with van der Waals surface area (Å²) in [6.07, 6.45) is 14.7. The first-order valence-electron chi connectivity index (χ1n) is 37.4. The molecule has 6 aromatic rings. The summed E-state index contributed by atoms with van der Waals surface area (Å²) in [5.74, 6) is 2.35. The van der Waals surface area contributed by atoms with Crippen molar-refractivity contribution in [2.45, 2.75) is 165 Å². The molecular weight excluding hydrogens is 1500 g/mol. The fourth-order valence-corrected chi connectivity index (χ4v) is 16.5. The molecule has 7 heterocycles. The van der Waals surface area contributed by atoms with Crippen molar-refractivity contribution in [2.75, 3.05) is 103 Å². The van der Waals surface area contributed by atoms with Crippen molar-refractivity contribution in [3.05, 3.63) is 147 Å². The summed E-state index contributed by atoms with van der Waals surface area (Å²) in [7, 11) is -4.94. The average molecular weight is 1600 g/mol. The lowest BCUT2D eigenvalue weighted by molar-refractivity contribution is -0.137. The number of anilines is 6. The molecule has 4 aliphatic heterocycles. The molecule has 5 aliphatic rings. The van der Waals surface area contributed by atoms with Gasteiger partial charge in [0.15, 0.2) is 37.1 Å². The lowest BCUT2D eigenvalue weighted by atomic mass is 9.78. The summed E-state index contributed by atoms with van der Waals surface area (Å²) >= 11 is 12.0. The zero-order valence-electron chi connectivity index (χ0n) is 63.4. The molecule has 3 aromatic heterocycles. The van der Waals surface area contributed by atoms with E-state index in [9.17, 15) is 68.4 Å². The first-order valence-corrected chi connectivity index (χ1v) is 42.0. The van der Waals surface area contributed by atoms with Gasteiger partial charge in [-0.3, -0.25) is 28.8 Å². The number of rotatable bonds is 22. The van der Waals surface area contributed by atoms with Gasteiger partial charge in [0.1, 0.15) is 29.1 Å². The number of alkyl halides is 4. The van der Waals surface area contributed by atoms with Crippen LogP contribution in [-0.2, 0) is 40.2 Å². The van der Waals surface area contributed by atoms with E-state index < -0.39 is 54.8 Å². The standard InChI is InChI=1S/C28H35ClFN3O4S.C28H32F3N5O2.C25H32ClN3O4S/c1-28(30)10-6-19(7-11-28)14-23(34)15-20-8-12-33(13-9-20)26-25(17-24(18-31-26)38(2,36)37)32-27(35)21-4-3-5-22(29)16-21;1-35-9-3-4-20(18-35)13-24(37)12-19-7-10-36(11-8-19)26-25(14-21(16-32)17-33-26)34-27(38)22-5-2-6-23(15-22)28(29,30)31;1-25(2,3)15-20(30)12-17-8-10-29(11-9-17)23-22(14-21(16-27-23)34(4,32)33)28-24(31)18-6-5-7-19(26)13-18/h3-5,16-20H,6-15H2,1-2H3,(H,32,35);2,5-6,14-15,17,19-20H,3-4,7-13,18H2,1H3,(H,34,38);5-7,13-14,16-17H,8-12,15H2,1-4H3,(H,28,31)/t;20-;/m.0./s1. The summed E-state index contributed by atoms with van der Waals surface area (Å²) in [5, 5.41) is 18.4. The molecule has 110 heavy (non-hydrogen) atoms. The van der Waals surface area contributed by atoms with E-state index in [2.05, 4.69) is 63.6 Å². The van der Waals surface area contributed by atoms with Crippen LogP contribution in [0.5, 0.6) is 0 Å². The minimum atomic E-state index is -4.57. The second kappa shape index (κ2) is 37.7. The Kier molecular flexibility index (Phi) is 29.4. The second-order valence-corrected chi connectivity index (χ2v) is 36.5. The van der Waals surface area contributed by atoms with Crippen LogP contribution in [0.2, 0.25) is 10.0 Å². The van der Waals surface area contributed by atoms with Gasteiger partial charge < -0.3 is 35.6 Å². The third-order valence-electron chi connectivity index (χ3n) is 20.8. The number of piperidine rings is 4. The molecular formula is C81H99Cl2F4N11O10S2. The van der Waals surface area contributed by atoms with Crippen LogP contribution in [0.1, 0.15) is 185 Å². The molecule has 3 N–H and O–H groups in total. The van der Waals surface area contributed by atoms with Gasteiger partial charge in [-0.15, -0.1) is 0 Å². The largest absolute Gasteiger partial charge is 0.416 e. The highest BCUT2D eigenvalue weighted by molar-refractivity contribution is 7.91. The fraction of sp³-hybridized carbons (Fsp3) is 0.506. The van der Waals surface area contributed by atoms with E-state index in [-0.39, 0.29) is 61.3 Å². The molecule has 3 aromatic carbocycles.